The molecule has 1 saturated heterocycles. The number of ether oxygens (including phenoxy) is 1. The van der Waals surface area contributed by atoms with Crippen molar-refractivity contribution in [2.45, 2.75) is 39.2 Å². The van der Waals surface area contributed by atoms with Crippen LogP contribution in [0.25, 0.3) is 0 Å². The number of hydrogen-bond acceptors (Lipinski definition) is 7. The van der Waals surface area contributed by atoms with Crippen molar-refractivity contribution in [3.63, 3.8) is 0 Å². The number of nitrogens with one attached hydrogen (secondary N) is 1. The summed E-state index contributed by atoms with van der Waals surface area (Å²) in [5, 5.41) is 12.4. The number of pyridine rings is 1. The third-order valence-electron chi connectivity index (χ3n) is 6.00. The van der Waals surface area contributed by atoms with Gasteiger partial charge in [0.05, 0.1) is 5.69 Å². The summed E-state index contributed by atoms with van der Waals surface area (Å²) >= 11 is 6.12. The van der Waals surface area contributed by atoms with E-state index in [0.29, 0.717) is 30.6 Å². The SMILES string of the molecule is CN(CCCNC(=O)OC(C)(C)C)C(=O)c1ccc(N2CCCN(c3ccnc(Cl)c3C#N)CC2)cc1. The Morgan fingerprint density at radius 2 is 1.81 bits per heavy atom. The summed E-state index contributed by atoms with van der Waals surface area (Å²) in [6.45, 7) is 9.60. The predicted octanol–water partition coefficient (Wildman–Crippen LogP) is 4.31. The van der Waals surface area contributed by atoms with Gasteiger partial charge in [-0.2, -0.15) is 5.26 Å². The van der Waals surface area contributed by atoms with E-state index in [4.69, 9.17) is 16.3 Å². The lowest BCUT2D eigenvalue weighted by molar-refractivity contribution is 0.0526. The first-order valence-electron chi connectivity index (χ1n) is 12.5. The number of nitrogens with zero attached hydrogens (tertiary/aromatic N) is 5. The zero-order chi connectivity index (χ0) is 27.0. The van der Waals surface area contributed by atoms with Gasteiger partial charge in [-0.15, -0.1) is 0 Å². The number of hydrogen-bond donors (Lipinski definition) is 1. The molecule has 198 valence electrons. The number of alkyl carbamates (subject to hydrolysis) is 1. The fourth-order valence-electron chi connectivity index (χ4n) is 4.17. The maximum atomic E-state index is 12.8. The molecule has 0 aliphatic carbocycles. The standard InChI is InChI=1S/C27H35ClN6O3/c1-27(2,3)37-26(36)31-12-5-14-32(4)25(35)20-7-9-21(10-8-20)33-15-6-16-34(18-17-33)23-11-13-30-24(28)22(23)19-29/h7-11,13H,5-6,12,14-18H2,1-4H3,(H,31,36). The molecule has 2 aromatic rings. The molecule has 10 heteroatoms. The van der Waals surface area contributed by atoms with Gasteiger partial charge in [-0.25, -0.2) is 9.78 Å². The highest BCUT2D eigenvalue weighted by atomic mass is 35.5. The van der Waals surface area contributed by atoms with Gasteiger partial charge in [0.15, 0.2) is 0 Å². The third kappa shape index (κ3) is 7.99. The maximum Gasteiger partial charge on any atom is 0.407 e. The molecule has 1 N–H and O–H groups in total. The van der Waals surface area contributed by atoms with Crippen molar-refractivity contribution in [1.82, 2.24) is 15.2 Å². The van der Waals surface area contributed by atoms with Crippen LogP contribution in [-0.4, -0.2) is 73.8 Å². The molecule has 0 unspecified atom stereocenters. The van der Waals surface area contributed by atoms with Crippen LogP contribution < -0.4 is 15.1 Å². The van der Waals surface area contributed by atoms with Gasteiger partial charge >= 0.3 is 6.09 Å². The lowest BCUT2D eigenvalue weighted by Gasteiger charge is -2.25. The average Bonchev–Trinajstić information content (AvgIpc) is 3.11. The molecule has 0 bridgehead atoms. The van der Waals surface area contributed by atoms with Gasteiger partial charge in [-0.3, -0.25) is 4.79 Å². The Bertz CT molecular complexity index is 1130. The van der Waals surface area contributed by atoms with Crippen LogP contribution in [0.2, 0.25) is 5.15 Å². The lowest BCUT2D eigenvalue weighted by atomic mass is 10.1. The van der Waals surface area contributed by atoms with Gasteiger partial charge < -0.3 is 24.8 Å². The number of anilines is 2. The van der Waals surface area contributed by atoms with Crippen LogP contribution in [0.3, 0.4) is 0 Å². The minimum atomic E-state index is -0.537. The summed E-state index contributed by atoms with van der Waals surface area (Å²) in [5.41, 5.74) is 2.36. The quantitative estimate of drug-likeness (QED) is 0.423. The van der Waals surface area contributed by atoms with E-state index >= 15 is 0 Å². The minimum Gasteiger partial charge on any atom is -0.444 e. The maximum absolute atomic E-state index is 12.8. The molecule has 1 fully saturated rings. The zero-order valence-electron chi connectivity index (χ0n) is 22.0. The average molecular weight is 527 g/mol. The molecular formula is C27H35ClN6O3. The molecule has 2 amide bonds. The fraction of sp³-hybridized carbons (Fsp3) is 0.481. The Morgan fingerprint density at radius 3 is 2.49 bits per heavy atom. The van der Waals surface area contributed by atoms with Gasteiger partial charge in [0, 0.05) is 63.8 Å². The minimum absolute atomic E-state index is 0.0653. The van der Waals surface area contributed by atoms with Gasteiger partial charge in [0.1, 0.15) is 22.4 Å². The van der Waals surface area contributed by atoms with E-state index in [1.165, 1.54) is 0 Å². The Balaban J connectivity index is 1.51. The molecule has 1 aromatic heterocycles. The molecule has 9 nitrogen and oxygen atoms in total. The highest BCUT2D eigenvalue weighted by Crippen LogP contribution is 2.27. The Morgan fingerprint density at radius 1 is 1.14 bits per heavy atom. The van der Waals surface area contributed by atoms with Crippen LogP contribution in [0.15, 0.2) is 36.5 Å². The van der Waals surface area contributed by atoms with Crippen LogP contribution >= 0.6 is 11.6 Å². The first-order valence-corrected chi connectivity index (χ1v) is 12.8. The van der Waals surface area contributed by atoms with Crippen LogP contribution in [0.1, 0.15) is 49.5 Å². The highest BCUT2D eigenvalue weighted by Gasteiger charge is 2.20. The molecular weight excluding hydrogens is 492 g/mol. The largest absolute Gasteiger partial charge is 0.444 e. The topological polar surface area (TPSA) is 102 Å². The summed E-state index contributed by atoms with van der Waals surface area (Å²) in [5.74, 6) is -0.0653. The monoisotopic (exact) mass is 526 g/mol. The van der Waals surface area contributed by atoms with E-state index in [1.807, 2.05) is 51.1 Å². The lowest BCUT2D eigenvalue weighted by Crippen LogP contribution is -2.35. The van der Waals surface area contributed by atoms with Gasteiger partial charge in [0.2, 0.25) is 0 Å². The van der Waals surface area contributed by atoms with Crippen molar-refractivity contribution in [3.8, 4) is 6.07 Å². The van der Waals surface area contributed by atoms with Gasteiger partial charge in [-0.1, -0.05) is 11.6 Å². The zero-order valence-corrected chi connectivity index (χ0v) is 22.7. The summed E-state index contributed by atoms with van der Waals surface area (Å²) in [7, 11) is 1.76. The van der Waals surface area contributed by atoms with E-state index in [2.05, 4.69) is 26.2 Å². The van der Waals surface area contributed by atoms with Crippen molar-refractivity contribution in [2.75, 3.05) is 56.1 Å². The number of amides is 2. The predicted molar refractivity (Wildman–Crippen MR) is 145 cm³/mol. The molecule has 1 aliphatic heterocycles. The first-order chi connectivity index (χ1) is 17.6. The van der Waals surface area contributed by atoms with Crippen LogP contribution in [0, 0.1) is 11.3 Å². The van der Waals surface area contributed by atoms with Crippen molar-refractivity contribution in [3.05, 3.63) is 52.8 Å². The van der Waals surface area contributed by atoms with E-state index in [-0.39, 0.29) is 11.1 Å². The van der Waals surface area contributed by atoms with Gasteiger partial charge in [-0.05, 0) is 63.9 Å². The number of carbonyl (C=O) groups is 2. The second-order valence-electron chi connectivity index (χ2n) is 9.99. The van der Waals surface area contributed by atoms with Crippen LogP contribution in [0.4, 0.5) is 16.2 Å². The Hall–Kier alpha value is -3.51. The van der Waals surface area contributed by atoms with Crippen molar-refractivity contribution in [1.29, 1.82) is 5.26 Å². The van der Waals surface area contributed by atoms with Crippen molar-refractivity contribution in [2.24, 2.45) is 0 Å². The molecule has 0 saturated carbocycles. The van der Waals surface area contributed by atoms with E-state index < -0.39 is 11.7 Å². The molecule has 0 atom stereocenters. The third-order valence-corrected chi connectivity index (χ3v) is 6.28. The fourth-order valence-corrected chi connectivity index (χ4v) is 4.36. The molecule has 3 rings (SSSR count). The van der Waals surface area contributed by atoms with Crippen LogP contribution in [-0.2, 0) is 4.74 Å². The second kappa shape index (κ2) is 12.6. The Labute approximate surface area is 224 Å². The molecule has 0 radical (unpaired) electrons. The number of benzene rings is 1. The van der Waals surface area contributed by atoms with E-state index in [1.54, 1.807) is 18.1 Å². The van der Waals surface area contributed by atoms with Gasteiger partial charge in [0.25, 0.3) is 5.91 Å². The normalized spacial score (nSPS) is 13.9. The summed E-state index contributed by atoms with van der Waals surface area (Å²) in [4.78, 5) is 34.7. The molecule has 1 aromatic carbocycles. The summed E-state index contributed by atoms with van der Waals surface area (Å²) in [6, 6.07) is 11.7. The first kappa shape index (κ1) is 28.1. The number of rotatable bonds is 7. The van der Waals surface area contributed by atoms with Crippen molar-refractivity contribution < 1.29 is 14.3 Å². The second-order valence-corrected chi connectivity index (χ2v) is 10.3. The van der Waals surface area contributed by atoms with Crippen molar-refractivity contribution >= 4 is 35.0 Å². The molecule has 1 aliphatic rings. The summed E-state index contributed by atoms with van der Waals surface area (Å²) in [6.07, 6.45) is 2.72. The van der Waals surface area contributed by atoms with E-state index in [0.717, 1.165) is 44.0 Å². The van der Waals surface area contributed by atoms with E-state index in [9.17, 15) is 14.9 Å². The van der Waals surface area contributed by atoms with Crippen LogP contribution in [0.5, 0.6) is 0 Å². The number of carbonyl (C=O) groups excluding carboxylic acids is 2. The smallest absolute Gasteiger partial charge is 0.407 e. The molecule has 0 spiro atoms. The number of nitriles is 1. The molecule has 2 heterocycles. The number of halogens is 1. The number of aromatic nitrogens is 1. The highest BCUT2D eigenvalue weighted by molar-refractivity contribution is 6.30. The molecule has 37 heavy (non-hydrogen) atoms. The summed E-state index contributed by atoms with van der Waals surface area (Å²) < 4.78 is 5.22. The Kier molecular flexibility index (Phi) is 9.59.